The molecule has 0 amide bonds. The van der Waals surface area contributed by atoms with Gasteiger partial charge in [-0.3, -0.25) is 4.79 Å². The lowest BCUT2D eigenvalue weighted by Crippen LogP contribution is -2.66. The van der Waals surface area contributed by atoms with Crippen molar-refractivity contribution >= 4 is 24.5 Å². The lowest BCUT2D eigenvalue weighted by Gasteiger charge is -2.43. The smallest absolute Gasteiger partial charge is 0.261 e. The Morgan fingerprint density at radius 2 is 1.48 bits per heavy atom. The Morgan fingerprint density at radius 1 is 1.04 bits per heavy atom. The molecule has 0 aliphatic carbocycles. The zero-order valence-corrected chi connectivity index (χ0v) is 17.8. The van der Waals surface area contributed by atoms with Crippen molar-refractivity contribution in [3.05, 3.63) is 72.6 Å². The molecule has 144 valence electrons. The minimum absolute atomic E-state index is 0.127. The standard InChI is InChI=1S/C23H29FO2Si/c1-18(16-22(24)19(2)25)17-26-27(23(3,4)5,20-12-8-6-9-13-20)21-14-10-7-11-15-21/h6-16,18H,17H2,1-5H3/b22-16+/t18-/m1/s1. The predicted octanol–water partition coefficient (Wildman–Crippen LogP) is 4.64. The first kappa shape index (κ1) is 21.3. The first-order valence-electron chi connectivity index (χ1n) is 9.31. The number of ketones is 1. The number of halogens is 1. The van der Waals surface area contributed by atoms with E-state index in [9.17, 15) is 9.18 Å². The minimum Gasteiger partial charge on any atom is -0.407 e. The fourth-order valence-corrected chi connectivity index (χ4v) is 8.10. The van der Waals surface area contributed by atoms with Gasteiger partial charge in [-0.1, -0.05) is 88.4 Å². The zero-order valence-electron chi connectivity index (χ0n) is 16.8. The molecule has 2 rings (SSSR count). The monoisotopic (exact) mass is 384 g/mol. The summed E-state index contributed by atoms with van der Waals surface area (Å²) >= 11 is 0. The number of hydrogen-bond acceptors (Lipinski definition) is 2. The highest BCUT2D eigenvalue weighted by atomic mass is 28.4. The summed E-state index contributed by atoms with van der Waals surface area (Å²) < 4.78 is 20.5. The Bertz CT molecular complexity index is 740. The van der Waals surface area contributed by atoms with Gasteiger partial charge in [0.25, 0.3) is 8.32 Å². The van der Waals surface area contributed by atoms with Crippen LogP contribution in [0.1, 0.15) is 34.6 Å². The molecule has 0 spiro atoms. The van der Waals surface area contributed by atoms with Gasteiger partial charge in [-0.2, -0.15) is 0 Å². The first-order chi connectivity index (χ1) is 12.7. The van der Waals surface area contributed by atoms with Crippen LogP contribution in [-0.4, -0.2) is 20.7 Å². The Hall–Kier alpha value is -2.04. The van der Waals surface area contributed by atoms with Crippen LogP contribution in [-0.2, 0) is 9.22 Å². The van der Waals surface area contributed by atoms with Crippen molar-refractivity contribution in [2.24, 2.45) is 5.92 Å². The molecule has 2 aromatic rings. The summed E-state index contributed by atoms with van der Waals surface area (Å²) in [5, 5.41) is 2.25. The molecule has 0 heterocycles. The number of carbonyl (C=O) groups excluding carboxylic acids is 1. The number of allylic oxidation sites excluding steroid dienone is 1. The van der Waals surface area contributed by atoms with Gasteiger partial charge in [-0.05, 0) is 27.4 Å². The summed E-state index contributed by atoms with van der Waals surface area (Å²) in [6.45, 7) is 10.1. The van der Waals surface area contributed by atoms with Crippen molar-refractivity contribution < 1.29 is 13.6 Å². The minimum atomic E-state index is -2.63. The Morgan fingerprint density at radius 3 is 1.85 bits per heavy atom. The van der Waals surface area contributed by atoms with Gasteiger partial charge in [0.05, 0.1) is 0 Å². The van der Waals surface area contributed by atoms with E-state index in [0.29, 0.717) is 6.61 Å². The van der Waals surface area contributed by atoms with E-state index < -0.39 is 19.9 Å². The van der Waals surface area contributed by atoms with Gasteiger partial charge in [-0.25, -0.2) is 4.39 Å². The van der Waals surface area contributed by atoms with Crippen LogP contribution in [0.4, 0.5) is 4.39 Å². The van der Waals surface area contributed by atoms with E-state index in [2.05, 4.69) is 45.0 Å². The number of carbonyl (C=O) groups is 1. The van der Waals surface area contributed by atoms with Gasteiger partial charge in [0.1, 0.15) is 0 Å². The molecule has 0 unspecified atom stereocenters. The van der Waals surface area contributed by atoms with Gasteiger partial charge in [0, 0.05) is 13.5 Å². The highest BCUT2D eigenvalue weighted by molar-refractivity contribution is 6.99. The topological polar surface area (TPSA) is 26.3 Å². The maximum Gasteiger partial charge on any atom is 0.261 e. The van der Waals surface area contributed by atoms with Crippen LogP contribution in [0.15, 0.2) is 72.6 Å². The van der Waals surface area contributed by atoms with Crippen LogP contribution in [0.5, 0.6) is 0 Å². The van der Waals surface area contributed by atoms with E-state index in [1.807, 2.05) is 43.3 Å². The molecule has 0 bridgehead atoms. The molecule has 0 saturated heterocycles. The number of Topliss-reactive ketones (excluding diaryl/α,β-unsaturated/α-hetero) is 1. The van der Waals surface area contributed by atoms with Gasteiger partial charge < -0.3 is 4.43 Å². The van der Waals surface area contributed by atoms with Crippen LogP contribution in [0.2, 0.25) is 5.04 Å². The molecule has 1 atom stereocenters. The third-order valence-electron chi connectivity index (χ3n) is 4.75. The van der Waals surface area contributed by atoms with Crippen LogP contribution in [0.3, 0.4) is 0 Å². The highest BCUT2D eigenvalue weighted by Gasteiger charge is 2.50. The van der Waals surface area contributed by atoms with Crippen molar-refractivity contribution in [2.45, 2.75) is 39.7 Å². The molecule has 0 aliphatic heterocycles. The second kappa shape index (κ2) is 8.76. The van der Waals surface area contributed by atoms with Crippen molar-refractivity contribution in [1.29, 1.82) is 0 Å². The van der Waals surface area contributed by atoms with Gasteiger partial charge >= 0.3 is 0 Å². The van der Waals surface area contributed by atoms with Crippen molar-refractivity contribution in [3.63, 3.8) is 0 Å². The van der Waals surface area contributed by atoms with Crippen LogP contribution in [0, 0.1) is 5.92 Å². The summed E-state index contributed by atoms with van der Waals surface area (Å²) in [4.78, 5) is 11.2. The molecule has 2 aromatic carbocycles. The molecule has 0 radical (unpaired) electrons. The van der Waals surface area contributed by atoms with Gasteiger partial charge in [0.2, 0.25) is 0 Å². The Kier molecular flexibility index (Phi) is 6.90. The molecule has 0 saturated carbocycles. The Balaban J connectivity index is 2.50. The molecule has 27 heavy (non-hydrogen) atoms. The van der Waals surface area contributed by atoms with Gasteiger partial charge in [-0.15, -0.1) is 0 Å². The third kappa shape index (κ3) is 4.82. The summed E-state index contributed by atoms with van der Waals surface area (Å²) in [6, 6.07) is 20.7. The van der Waals surface area contributed by atoms with E-state index in [1.54, 1.807) is 0 Å². The molecule has 0 N–H and O–H groups in total. The molecule has 2 nitrogen and oxygen atoms in total. The summed E-state index contributed by atoms with van der Waals surface area (Å²) in [6.07, 6.45) is 1.36. The zero-order chi connectivity index (χ0) is 20.1. The van der Waals surface area contributed by atoms with E-state index in [4.69, 9.17) is 4.43 Å². The summed E-state index contributed by atoms with van der Waals surface area (Å²) in [7, 11) is -2.63. The second-order valence-corrected chi connectivity index (χ2v) is 12.3. The molecular formula is C23H29FO2Si. The van der Waals surface area contributed by atoms with Crippen LogP contribution < -0.4 is 10.4 Å². The van der Waals surface area contributed by atoms with E-state index in [0.717, 1.165) is 0 Å². The summed E-state index contributed by atoms with van der Waals surface area (Å²) in [5.41, 5.74) is 0. The average molecular weight is 385 g/mol. The second-order valence-electron chi connectivity index (χ2n) is 8.02. The number of benzene rings is 2. The van der Waals surface area contributed by atoms with Crippen molar-refractivity contribution in [2.75, 3.05) is 6.61 Å². The quantitative estimate of drug-likeness (QED) is 0.513. The van der Waals surface area contributed by atoms with E-state index >= 15 is 0 Å². The first-order valence-corrected chi connectivity index (χ1v) is 11.2. The lowest BCUT2D eigenvalue weighted by atomic mass is 10.1. The third-order valence-corrected chi connectivity index (χ3v) is 9.75. The molecular weight excluding hydrogens is 355 g/mol. The average Bonchev–Trinajstić information content (AvgIpc) is 2.62. The number of rotatable bonds is 7. The van der Waals surface area contributed by atoms with Crippen LogP contribution >= 0.6 is 0 Å². The van der Waals surface area contributed by atoms with E-state index in [1.165, 1.54) is 23.4 Å². The predicted molar refractivity (Wildman–Crippen MR) is 113 cm³/mol. The Labute approximate surface area is 163 Å². The molecule has 0 aliphatic rings. The fourth-order valence-electron chi connectivity index (χ4n) is 3.43. The largest absolute Gasteiger partial charge is 0.407 e. The highest BCUT2D eigenvalue weighted by Crippen LogP contribution is 2.37. The number of hydrogen-bond donors (Lipinski definition) is 0. The maximum absolute atomic E-state index is 13.7. The fraction of sp³-hybridized carbons (Fsp3) is 0.348. The molecule has 0 fully saturated rings. The van der Waals surface area contributed by atoms with Crippen LogP contribution in [0.25, 0.3) is 0 Å². The molecule has 0 aromatic heterocycles. The van der Waals surface area contributed by atoms with Crippen molar-refractivity contribution in [3.8, 4) is 0 Å². The maximum atomic E-state index is 13.7. The molecule has 4 heteroatoms. The lowest BCUT2D eigenvalue weighted by molar-refractivity contribution is -0.115. The van der Waals surface area contributed by atoms with Gasteiger partial charge in [0.15, 0.2) is 11.6 Å². The van der Waals surface area contributed by atoms with E-state index in [-0.39, 0.29) is 11.0 Å². The summed E-state index contributed by atoms with van der Waals surface area (Å²) in [5.74, 6) is -1.45. The normalized spacial score (nSPS) is 14.1. The SMILES string of the molecule is CC(=O)/C(F)=C\[C@@H](C)CO[Si](c1ccccc1)(c1ccccc1)C(C)(C)C. The van der Waals surface area contributed by atoms with Crippen molar-refractivity contribution in [1.82, 2.24) is 0 Å².